The lowest BCUT2D eigenvalue weighted by Crippen LogP contribution is -2.39. The Morgan fingerprint density at radius 1 is 1.21 bits per heavy atom. The molecule has 0 radical (unpaired) electrons. The molecule has 0 saturated heterocycles. The lowest BCUT2D eigenvalue weighted by molar-refractivity contribution is 0.165. The summed E-state index contributed by atoms with van der Waals surface area (Å²) in [6.45, 7) is 0.970. The predicted molar refractivity (Wildman–Crippen MR) is 54.8 cm³/mol. The van der Waals surface area contributed by atoms with E-state index in [2.05, 4.69) is 17.5 Å². The van der Waals surface area contributed by atoms with Crippen LogP contribution in [0.3, 0.4) is 0 Å². The number of allylic oxidation sites excluding steroid dienone is 2. The molecule has 3 heteroatoms. The molecule has 1 fully saturated rings. The van der Waals surface area contributed by atoms with Gasteiger partial charge in [0.15, 0.2) is 0 Å². The molecule has 0 unspecified atom stereocenters. The number of fused-ring (bicyclic) bond motifs is 2. The fraction of sp³-hybridized carbons (Fsp3) is 0.818. The van der Waals surface area contributed by atoms with Crippen LogP contribution < -0.4 is 5.32 Å². The standard InChI is InChI=1S/C11H19NO2/c13-6-11(7-14)12-5-10-4-8-1-2-9(10)3-8/h1-2,8-14H,3-7H2/t8-,9-,10-/m0/s1. The van der Waals surface area contributed by atoms with E-state index in [9.17, 15) is 0 Å². The fourth-order valence-corrected chi connectivity index (χ4v) is 2.63. The van der Waals surface area contributed by atoms with Crippen molar-refractivity contribution in [2.24, 2.45) is 17.8 Å². The SMILES string of the molecule is OCC(CO)NC[C@@H]1C[C@H]2C=C[C@H]1C2. The van der Waals surface area contributed by atoms with Gasteiger partial charge in [-0.3, -0.25) is 0 Å². The smallest absolute Gasteiger partial charge is 0.0607 e. The number of aliphatic hydroxyl groups excluding tert-OH is 2. The molecule has 2 rings (SSSR count). The van der Waals surface area contributed by atoms with E-state index < -0.39 is 0 Å². The Morgan fingerprint density at radius 2 is 2.00 bits per heavy atom. The normalized spacial score (nSPS) is 34.6. The molecule has 3 nitrogen and oxygen atoms in total. The van der Waals surface area contributed by atoms with E-state index in [4.69, 9.17) is 10.2 Å². The molecule has 0 aliphatic heterocycles. The average Bonchev–Trinajstić information content (AvgIpc) is 2.80. The highest BCUT2D eigenvalue weighted by molar-refractivity contribution is 5.10. The van der Waals surface area contributed by atoms with E-state index in [1.54, 1.807) is 0 Å². The minimum atomic E-state index is -0.141. The van der Waals surface area contributed by atoms with E-state index in [1.807, 2.05) is 0 Å². The lowest BCUT2D eigenvalue weighted by atomic mass is 9.93. The van der Waals surface area contributed by atoms with Crippen molar-refractivity contribution in [3.05, 3.63) is 12.2 Å². The van der Waals surface area contributed by atoms with Gasteiger partial charge in [0.2, 0.25) is 0 Å². The minimum Gasteiger partial charge on any atom is -0.395 e. The first-order chi connectivity index (χ1) is 6.83. The summed E-state index contributed by atoms with van der Waals surface area (Å²) in [5.74, 6) is 2.25. The van der Waals surface area contributed by atoms with Crippen LogP contribution in [0.15, 0.2) is 12.2 Å². The zero-order chi connectivity index (χ0) is 9.97. The first-order valence-corrected chi connectivity index (χ1v) is 5.47. The molecule has 2 bridgehead atoms. The molecule has 0 spiro atoms. The molecule has 0 amide bonds. The quantitative estimate of drug-likeness (QED) is 0.550. The maximum Gasteiger partial charge on any atom is 0.0607 e. The third kappa shape index (κ3) is 2.00. The Labute approximate surface area is 84.8 Å². The maximum atomic E-state index is 8.90. The van der Waals surface area contributed by atoms with Gasteiger partial charge in [0, 0.05) is 0 Å². The number of nitrogens with one attached hydrogen (secondary N) is 1. The van der Waals surface area contributed by atoms with Crippen molar-refractivity contribution in [3.8, 4) is 0 Å². The third-order valence-corrected chi connectivity index (χ3v) is 3.53. The lowest BCUT2D eigenvalue weighted by Gasteiger charge is -2.21. The van der Waals surface area contributed by atoms with Gasteiger partial charge < -0.3 is 15.5 Å². The molecule has 2 aliphatic rings. The molecule has 3 atom stereocenters. The molecule has 0 aromatic heterocycles. The second kappa shape index (κ2) is 4.43. The number of aliphatic hydroxyl groups is 2. The highest BCUT2D eigenvalue weighted by atomic mass is 16.3. The van der Waals surface area contributed by atoms with Crippen LogP contribution in [0.1, 0.15) is 12.8 Å². The molecule has 0 aromatic rings. The van der Waals surface area contributed by atoms with Crippen LogP contribution in [0, 0.1) is 17.8 Å². The van der Waals surface area contributed by atoms with Crippen LogP contribution in [-0.2, 0) is 0 Å². The van der Waals surface area contributed by atoms with Gasteiger partial charge in [-0.15, -0.1) is 0 Å². The van der Waals surface area contributed by atoms with Gasteiger partial charge in [-0.25, -0.2) is 0 Å². The van der Waals surface area contributed by atoms with Crippen molar-refractivity contribution in [1.29, 1.82) is 0 Å². The Bertz CT molecular complexity index is 213. The van der Waals surface area contributed by atoms with Gasteiger partial charge >= 0.3 is 0 Å². The van der Waals surface area contributed by atoms with E-state index in [0.717, 1.165) is 18.4 Å². The molecule has 2 aliphatic carbocycles. The molecule has 3 N–H and O–H groups in total. The summed E-state index contributed by atoms with van der Waals surface area (Å²) in [4.78, 5) is 0. The molecule has 0 aromatic carbocycles. The molecule has 14 heavy (non-hydrogen) atoms. The Morgan fingerprint density at radius 3 is 2.50 bits per heavy atom. The summed E-state index contributed by atoms with van der Waals surface area (Å²) in [5.41, 5.74) is 0. The molecule has 80 valence electrons. The highest BCUT2D eigenvalue weighted by Crippen LogP contribution is 2.42. The Balaban J connectivity index is 1.74. The van der Waals surface area contributed by atoms with Crippen molar-refractivity contribution in [1.82, 2.24) is 5.32 Å². The number of hydrogen-bond donors (Lipinski definition) is 3. The van der Waals surface area contributed by atoms with Crippen LogP contribution in [0.4, 0.5) is 0 Å². The summed E-state index contributed by atoms with van der Waals surface area (Å²) in [6, 6.07) is -0.141. The zero-order valence-corrected chi connectivity index (χ0v) is 8.39. The highest BCUT2D eigenvalue weighted by Gasteiger charge is 2.35. The summed E-state index contributed by atoms with van der Waals surface area (Å²) in [7, 11) is 0. The number of hydrogen-bond acceptors (Lipinski definition) is 3. The van der Waals surface area contributed by atoms with E-state index in [1.165, 1.54) is 12.8 Å². The van der Waals surface area contributed by atoms with Gasteiger partial charge in [0.1, 0.15) is 0 Å². The first kappa shape index (κ1) is 10.1. The van der Waals surface area contributed by atoms with Gasteiger partial charge in [-0.1, -0.05) is 12.2 Å². The zero-order valence-electron chi connectivity index (χ0n) is 8.39. The van der Waals surface area contributed by atoms with Gasteiger partial charge in [-0.05, 0) is 37.1 Å². The van der Waals surface area contributed by atoms with Gasteiger partial charge in [0.25, 0.3) is 0 Å². The van der Waals surface area contributed by atoms with Crippen molar-refractivity contribution < 1.29 is 10.2 Å². The van der Waals surface area contributed by atoms with Crippen LogP contribution in [0.25, 0.3) is 0 Å². The van der Waals surface area contributed by atoms with E-state index in [0.29, 0.717) is 5.92 Å². The van der Waals surface area contributed by atoms with Crippen LogP contribution >= 0.6 is 0 Å². The second-order valence-electron chi connectivity index (χ2n) is 4.51. The predicted octanol–water partition coefficient (Wildman–Crippen LogP) is 0.141. The van der Waals surface area contributed by atoms with Crippen molar-refractivity contribution >= 4 is 0 Å². The van der Waals surface area contributed by atoms with Crippen LogP contribution in [0.2, 0.25) is 0 Å². The van der Waals surface area contributed by atoms with Crippen LogP contribution in [-0.4, -0.2) is 36.0 Å². The van der Waals surface area contributed by atoms with Gasteiger partial charge in [0.05, 0.1) is 19.3 Å². The van der Waals surface area contributed by atoms with Crippen molar-refractivity contribution in [2.75, 3.05) is 19.8 Å². The van der Waals surface area contributed by atoms with Gasteiger partial charge in [-0.2, -0.15) is 0 Å². The van der Waals surface area contributed by atoms with Crippen molar-refractivity contribution in [3.63, 3.8) is 0 Å². The Hall–Kier alpha value is -0.380. The monoisotopic (exact) mass is 197 g/mol. The first-order valence-electron chi connectivity index (χ1n) is 5.47. The summed E-state index contributed by atoms with van der Waals surface area (Å²) in [5, 5.41) is 21.0. The average molecular weight is 197 g/mol. The topological polar surface area (TPSA) is 52.5 Å². The summed E-state index contributed by atoms with van der Waals surface area (Å²) >= 11 is 0. The molecular weight excluding hydrogens is 178 g/mol. The summed E-state index contributed by atoms with van der Waals surface area (Å²) in [6.07, 6.45) is 7.25. The number of rotatable bonds is 5. The maximum absolute atomic E-state index is 8.90. The fourth-order valence-electron chi connectivity index (χ4n) is 2.63. The van der Waals surface area contributed by atoms with Crippen LogP contribution in [0.5, 0.6) is 0 Å². The van der Waals surface area contributed by atoms with E-state index in [-0.39, 0.29) is 19.3 Å². The Kier molecular flexibility index (Phi) is 3.21. The second-order valence-corrected chi connectivity index (χ2v) is 4.51. The third-order valence-electron chi connectivity index (χ3n) is 3.53. The molecule has 0 heterocycles. The largest absolute Gasteiger partial charge is 0.395 e. The van der Waals surface area contributed by atoms with E-state index >= 15 is 0 Å². The molecule has 1 saturated carbocycles. The summed E-state index contributed by atoms with van der Waals surface area (Å²) < 4.78 is 0. The minimum absolute atomic E-state index is 0.0210. The molecular formula is C11H19NO2. The van der Waals surface area contributed by atoms with Crippen molar-refractivity contribution in [2.45, 2.75) is 18.9 Å².